The average Bonchev–Trinajstić information content (AvgIpc) is 2.47. The minimum atomic E-state index is -0.143. The average molecular weight is 284 g/mol. The third kappa shape index (κ3) is 4.42. The molecular formula is C16H32N2O2. The summed E-state index contributed by atoms with van der Waals surface area (Å²) in [5, 5.41) is 13.3. The summed E-state index contributed by atoms with van der Waals surface area (Å²) in [6, 6.07) is 0. The maximum Gasteiger partial charge on any atom is 0.0541 e. The minimum absolute atomic E-state index is 0.143. The van der Waals surface area contributed by atoms with Gasteiger partial charge in [-0.25, -0.2) is 0 Å². The number of piperidine rings is 1. The van der Waals surface area contributed by atoms with Crippen LogP contribution in [0.2, 0.25) is 0 Å². The van der Waals surface area contributed by atoms with Gasteiger partial charge in [0.15, 0.2) is 0 Å². The van der Waals surface area contributed by atoms with E-state index in [1.165, 1.54) is 19.4 Å². The maximum absolute atomic E-state index is 9.71. The zero-order valence-corrected chi connectivity index (χ0v) is 13.2. The van der Waals surface area contributed by atoms with E-state index in [9.17, 15) is 5.11 Å². The Bertz CT molecular complexity index is 270. The van der Waals surface area contributed by atoms with Crippen LogP contribution in [0.15, 0.2) is 0 Å². The number of nitrogens with one attached hydrogen (secondary N) is 1. The van der Waals surface area contributed by atoms with Crippen LogP contribution in [0.1, 0.15) is 39.5 Å². The summed E-state index contributed by atoms with van der Waals surface area (Å²) < 4.78 is 5.56. The normalized spacial score (nSPS) is 26.6. The third-order valence-corrected chi connectivity index (χ3v) is 5.18. The van der Waals surface area contributed by atoms with Gasteiger partial charge >= 0.3 is 0 Å². The molecule has 2 aliphatic rings. The summed E-state index contributed by atoms with van der Waals surface area (Å²) >= 11 is 0. The fourth-order valence-electron chi connectivity index (χ4n) is 3.65. The van der Waals surface area contributed by atoms with Crippen molar-refractivity contribution < 1.29 is 9.84 Å². The van der Waals surface area contributed by atoms with Gasteiger partial charge in [-0.15, -0.1) is 0 Å². The Balaban J connectivity index is 1.85. The zero-order chi connectivity index (χ0) is 14.4. The molecule has 0 spiro atoms. The Kier molecular flexibility index (Phi) is 6.27. The predicted molar refractivity (Wildman–Crippen MR) is 81.9 cm³/mol. The van der Waals surface area contributed by atoms with Gasteiger partial charge in [-0.05, 0) is 63.6 Å². The molecule has 0 amide bonds. The Morgan fingerprint density at radius 1 is 1.30 bits per heavy atom. The number of nitrogens with zero attached hydrogens (tertiary/aromatic N) is 1. The smallest absolute Gasteiger partial charge is 0.0541 e. The molecule has 2 saturated heterocycles. The van der Waals surface area contributed by atoms with E-state index in [0.29, 0.717) is 11.3 Å². The molecule has 0 aromatic rings. The number of likely N-dealkylation sites (tertiary alicyclic amines) is 1. The van der Waals surface area contributed by atoms with Gasteiger partial charge in [0.25, 0.3) is 0 Å². The topological polar surface area (TPSA) is 44.7 Å². The fourth-order valence-corrected chi connectivity index (χ4v) is 3.65. The standard InChI is InChI=1S/C16H32N2O2/c1-3-17-12-16(6-10-20-11-7-16)13-18-8-4-15(5-9-18)14(2)19/h14-15,17,19H,3-13H2,1-2H3. The van der Waals surface area contributed by atoms with E-state index in [2.05, 4.69) is 17.1 Å². The van der Waals surface area contributed by atoms with Crippen LogP contribution in [0.3, 0.4) is 0 Å². The van der Waals surface area contributed by atoms with Crippen molar-refractivity contribution in [2.75, 3.05) is 45.9 Å². The molecule has 2 heterocycles. The van der Waals surface area contributed by atoms with Crippen LogP contribution >= 0.6 is 0 Å². The van der Waals surface area contributed by atoms with E-state index < -0.39 is 0 Å². The zero-order valence-electron chi connectivity index (χ0n) is 13.2. The van der Waals surface area contributed by atoms with Gasteiger partial charge in [-0.1, -0.05) is 6.92 Å². The Morgan fingerprint density at radius 2 is 1.95 bits per heavy atom. The maximum atomic E-state index is 9.71. The van der Waals surface area contributed by atoms with Crippen molar-refractivity contribution in [1.82, 2.24) is 10.2 Å². The number of ether oxygens (including phenoxy) is 1. The van der Waals surface area contributed by atoms with Gasteiger partial charge in [0, 0.05) is 26.3 Å². The lowest BCUT2D eigenvalue weighted by Crippen LogP contribution is -2.49. The summed E-state index contributed by atoms with van der Waals surface area (Å²) in [4.78, 5) is 2.61. The Labute approximate surface area is 123 Å². The highest BCUT2D eigenvalue weighted by Gasteiger charge is 2.35. The lowest BCUT2D eigenvalue weighted by Gasteiger charge is -2.43. The molecule has 4 heteroatoms. The first-order chi connectivity index (χ1) is 9.65. The van der Waals surface area contributed by atoms with Gasteiger partial charge < -0.3 is 20.1 Å². The molecule has 2 rings (SSSR count). The lowest BCUT2D eigenvalue weighted by atomic mass is 9.78. The van der Waals surface area contributed by atoms with Crippen LogP contribution in [0.4, 0.5) is 0 Å². The molecule has 2 aliphatic heterocycles. The summed E-state index contributed by atoms with van der Waals surface area (Å²) in [6.07, 6.45) is 4.50. The van der Waals surface area contributed by atoms with Crippen molar-refractivity contribution in [3.63, 3.8) is 0 Å². The molecule has 0 radical (unpaired) electrons. The molecule has 0 aromatic carbocycles. The number of rotatable bonds is 6. The summed E-state index contributed by atoms with van der Waals surface area (Å²) in [5.74, 6) is 0.505. The second kappa shape index (κ2) is 7.74. The second-order valence-corrected chi connectivity index (χ2v) is 6.75. The largest absolute Gasteiger partial charge is 0.393 e. The van der Waals surface area contributed by atoms with Gasteiger partial charge in [0.1, 0.15) is 0 Å². The number of aliphatic hydroxyl groups excluding tert-OH is 1. The van der Waals surface area contributed by atoms with Crippen molar-refractivity contribution >= 4 is 0 Å². The van der Waals surface area contributed by atoms with Crippen LogP contribution in [0, 0.1) is 11.3 Å². The van der Waals surface area contributed by atoms with Gasteiger partial charge in [-0.3, -0.25) is 0 Å². The van der Waals surface area contributed by atoms with Crippen molar-refractivity contribution in [2.45, 2.75) is 45.6 Å². The molecule has 0 bridgehead atoms. The molecule has 20 heavy (non-hydrogen) atoms. The molecule has 0 aromatic heterocycles. The highest BCUT2D eigenvalue weighted by molar-refractivity contribution is 4.88. The van der Waals surface area contributed by atoms with Crippen molar-refractivity contribution in [3.8, 4) is 0 Å². The number of aliphatic hydroxyl groups is 1. The first kappa shape index (κ1) is 16.2. The number of hydrogen-bond acceptors (Lipinski definition) is 4. The van der Waals surface area contributed by atoms with Crippen LogP contribution in [-0.2, 0) is 4.74 Å². The molecule has 0 aliphatic carbocycles. The molecule has 0 saturated carbocycles. The highest BCUT2D eigenvalue weighted by atomic mass is 16.5. The molecule has 1 unspecified atom stereocenters. The summed E-state index contributed by atoms with van der Waals surface area (Å²) in [7, 11) is 0. The minimum Gasteiger partial charge on any atom is -0.393 e. The lowest BCUT2D eigenvalue weighted by molar-refractivity contribution is -0.0145. The Hall–Kier alpha value is -0.160. The third-order valence-electron chi connectivity index (χ3n) is 5.18. The van der Waals surface area contributed by atoms with Crippen molar-refractivity contribution in [1.29, 1.82) is 0 Å². The molecule has 118 valence electrons. The van der Waals surface area contributed by atoms with E-state index in [1.54, 1.807) is 0 Å². The Morgan fingerprint density at radius 3 is 2.50 bits per heavy atom. The van der Waals surface area contributed by atoms with Crippen molar-refractivity contribution in [3.05, 3.63) is 0 Å². The van der Waals surface area contributed by atoms with E-state index in [4.69, 9.17) is 4.74 Å². The predicted octanol–water partition coefficient (Wildman–Crippen LogP) is 1.49. The second-order valence-electron chi connectivity index (χ2n) is 6.75. The van der Waals surface area contributed by atoms with Crippen LogP contribution in [-0.4, -0.2) is 62.0 Å². The highest BCUT2D eigenvalue weighted by Crippen LogP contribution is 2.32. The first-order valence-electron chi connectivity index (χ1n) is 8.34. The molecule has 2 N–H and O–H groups in total. The first-order valence-corrected chi connectivity index (χ1v) is 8.34. The summed E-state index contributed by atoms with van der Waals surface area (Å²) in [6.45, 7) is 11.6. The SMILES string of the molecule is CCNCC1(CN2CCC(C(C)O)CC2)CCOCC1. The van der Waals surface area contributed by atoms with Gasteiger partial charge in [0.2, 0.25) is 0 Å². The molecular weight excluding hydrogens is 252 g/mol. The molecule has 4 nitrogen and oxygen atoms in total. The van der Waals surface area contributed by atoms with Crippen LogP contribution < -0.4 is 5.32 Å². The van der Waals surface area contributed by atoms with Crippen LogP contribution in [0.25, 0.3) is 0 Å². The fraction of sp³-hybridized carbons (Fsp3) is 1.00. The van der Waals surface area contributed by atoms with Gasteiger partial charge in [-0.2, -0.15) is 0 Å². The van der Waals surface area contributed by atoms with Crippen LogP contribution in [0.5, 0.6) is 0 Å². The quantitative estimate of drug-likeness (QED) is 0.775. The van der Waals surface area contributed by atoms with E-state index in [1.807, 2.05) is 6.92 Å². The van der Waals surface area contributed by atoms with E-state index >= 15 is 0 Å². The van der Waals surface area contributed by atoms with E-state index in [0.717, 1.165) is 52.2 Å². The summed E-state index contributed by atoms with van der Waals surface area (Å²) in [5.41, 5.74) is 0.395. The number of hydrogen-bond donors (Lipinski definition) is 2. The molecule has 1 atom stereocenters. The van der Waals surface area contributed by atoms with Crippen molar-refractivity contribution in [2.24, 2.45) is 11.3 Å². The van der Waals surface area contributed by atoms with Gasteiger partial charge in [0.05, 0.1) is 6.10 Å². The molecule has 2 fully saturated rings. The monoisotopic (exact) mass is 284 g/mol. The van der Waals surface area contributed by atoms with E-state index in [-0.39, 0.29) is 6.10 Å².